The van der Waals surface area contributed by atoms with E-state index < -0.39 is 0 Å². The minimum atomic E-state index is -0.0204. The first-order chi connectivity index (χ1) is 8.81. The summed E-state index contributed by atoms with van der Waals surface area (Å²) in [4.78, 5) is 13.1. The van der Waals surface area contributed by atoms with Crippen LogP contribution >= 0.6 is 11.8 Å². The highest BCUT2D eigenvalue weighted by Gasteiger charge is 2.16. The summed E-state index contributed by atoms with van der Waals surface area (Å²) >= 11 is 1.78. The Balaban J connectivity index is 2.73. The predicted octanol–water partition coefficient (Wildman–Crippen LogP) is 4.15. The lowest BCUT2D eigenvalue weighted by Crippen LogP contribution is -2.20. The first-order valence-electron chi connectivity index (χ1n) is 6.64. The Labute approximate surface area is 120 Å². The third-order valence-electron chi connectivity index (χ3n) is 2.46. The lowest BCUT2D eigenvalue weighted by molar-refractivity contribution is -0.117. The van der Waals surface area contributed by atoms with E-state index in [1.54, 1.807) is 11.8 Å². The van der Waals surface area contributed by atoms with Crippen LogP contribution in [0.4, 0.5) is 11.4 Å². The van der Waals surface area contributed by atoms with Crippen LogP contribution in [0.2, 0.25) is 0 Å². The quantitative estimate of drug-likeness (QED) is 0.629. The standard InChI is InChI=1S/C15H24N2OS/c1-5-8-19-11-6-7-12(16)13(9-11)17-14(18)10-15(2,3)4/h6-7,9H,5,8,10,16H2,1-4H3,(H,17,18). The molecule has 0 aromatic heterocycles. The minimum absolute atomic E-state index is 0.0110. The topological polar surface area (TPSA) is 55.1 Å². The summed E-state index contributed by atoms with van der Waals surface area (Å²) in [6.07, 6.45) is 1.61. The molecule has 1 amide bonds. The van der Waals surface area contributed by atoms with E-state index in [1.165, 1.54) is 0 Å². The molecule has 19 heavy (non-hydrogen) atoms. The average Bonchev–Trinajstić information content (AvgIpc) is 2.27. The Bertz CT molecular complexity index is 438. The molecule has 4 heteroatoms. The molecule has 106 valence electrons. The van der Waals surface area contributed by atoms with Crippen molar-refractivity contribution < 1.29 is 4.79 Å². The molecule has 0 fully saturated rings. The van der Waals surface area contributed by atoms with Gasteiger partial charge in [0, 0.05) is 11.3 Å². The Hall–Kier alpha value is -1.16. The molecule has 0 saturated carbocycles. The van der Waals surface area contributed by atoms with Gasteiger partial charge in [-0.25, -0.2) is 0 Å². The summed E-state index contributed by atoms with van der Waals surface area (Å²) in [5.41, 5.74) is 7.22. The molecule has 0 aliphatic heterocycles. The highest BCUT2D eigenvalue weighted by molar-refractivity contribution is 7.99. The van der Waals surface area contributed by atoms with Gasteiger partial charge < -0.3 is 11.1 Å². The molecule has 0 aliphatic rings. The van der Waals surface area contributed by atoms with Gasteiger partial charge in [-0.3, -0.25) is 4.79 Å². The number of nitrogens with one attached hydrogen (secondary N) is 1. The fourth-order valence-electron chi connectivity index (χ4n) is 1.63. The fraction of sp³-hybridized carbons (Fsp3) is 0.533. The molecule has 3 nitrogen and oxygen atoms in total. The van der Waals surface area contributed by atoms with Gasteiger partial charge in [-0.15, -0.1) is 11.8 Å². The Morgan fingerprint density at radius 1 is 1.37 bits per heavy atom. The maximum Gasteiger partial charge on any atom is 0.224 e. The lowest BCUT2D eigenvalue weighted by Gasteiger charge is -2.18. The molecule has 1 rings (SSSR count). The molecule has 0 spiro atoms. The summed E-state index contributed by atoms with van der Waals surface area (Å²) in [7, 11) is 0. The molecule has 0 bridgehead atoms. The molecule has 0 unspecified atom stereocenters. The molecule has 0 heterocycles. The van der Waals surface area contributed by atoms with Crippen LogP contribution in [-0.4, -0.2) is 11.7 Å². The number of anilines is 2. The van der Waals surface area contributed by atoms with Gasteiger partial charge in [0.25, 0.3) is 0 Å². The highest BCUT2D eigenvalue weighted by Crippen LogP contribution is 2.28. The van der Waals surface area contributed by atoms with Crippen LogP contribution in [0.25, 0.3) is 0 Å². The average molecular weight is 280 g/mol. The summed E-state index contributed by atoms with van der Waals surface area (Å²) in [6, 6.07) is 5.80. The van der Waals surface area contributed by atoms with Crippen LogP contribution in [0.15, 0.2) is 23.1 Å². The van der Waals surface area contributed by atoms with Gasteiger partial charge >= 0.3 is 0 Å². The van der Waals surface area contributed by atoms with Crippen molar-refractivity contribution in [2.24, 2.45) is 5.41 Å². The zero-order valence-corrected chi connectivity index (χ0v) is 13.1. The van der Waals surface area contributed by atoms with E-state index in [4.69, 9.17) is 5.73 Å². The number of hydrogen-bond donors (Lipinski definition) is 2. The van der Waals surface area contributed by atoms with E-state index in [2.05, 4.69) is 12.2 Å². The molecule has 0 saturated heterocycles. The number of thioether (sulfide) groups is 1. The zero-order chi connectivity index (χ0) is 14.5. The Morgan fingerprint density at radius 3 is 2.63 bits per heavy atom. The van der Waals surface area contributed by atoms with Crippen molar-refractivity contribution in [3.05, 3.63) is 18.2 Å². The van der Waals surface area contributed by atoms with Gasteiger partial charge in [0.15, 0.2) is 0 Å². The molecule has 0 radical (unpaired) electrons. The normalized spacial score (nSPS) is 11.4. The van der Waals surface area contributed by atoms with Crippen LogP contribution in [0, 0.1) is 5.41 Å². The van der Waals surface area contributed by atoms with E-state index in [1.807, 2.05) is 39.0 Å². The van der Waals surface area contributed by atoms with Crippen LogP contribution in [0.5, 0.6) is 0 Å². The second kappa shape index (κ2) is 6.85. The largest absolute Gasteiger partial charge is 0.397 e. The Morgan fingerprint density at radius 2 is 2.05 bits per heavy atom. The van der Waals surface area contributed by atoms with Crippen molar-refractivity contribution in [1.82, 2.24) is 0 Å². The smallest absolute Gasteiger partial charge is 0.224 e. The van der Waals surface area contributed by atoms with Crippen molar-refractivity contribution in [3.8, 4) is 0 Å². The summed E-state index contributed by atoms with van der Waals surface area (Å²) in [6.45, 7) is 8.28. The molecular weight excluding hydrogens is 256 g/mol. The second-order valence-electron chi connectivity index (χ2n) is 5.88. The van der Waals surface area contributed by atoms with Gasteiger partial charge in [0.2, 0.25) is 5.91 Å². The van der Waals surface area contributed by atoms with Crippen molar-refractivity contribution in [1.29, 1.82) is 0 Å². The minimum Gasteiger partial charge on any atom is -0.397 e. The monoisotopic (exact) mass is 280 g/mol. The van der Waals surface area contributed by atoms with Gasteiger partial charge in [-0.05, 0) is 35.8 Å². The maximum atomic E-state index is 11.9. The van der Waals surface area contributed by atoms with E-state index in [0.29, 0.717) is 12.1 Å². The first-order valence-corrected chi connectivity index (χ1v) is 7.62. The molecule has 3 N–H and O–H groups in total. The molecule has 0 atom stereocenters. The van der Waals surface area contributed by atoms with Crippen molar-refractivity contribution in [2.45, 2.75) is 45.4 Å². The number of carbonyl (C=O) groups is 1. The lowest BCUT2D eigenvalue weighted by atomic mass is 9.92. The number of amides is 1. The van der Waals surface area contributed by atoms with Crippen molar-refractivity contribution in [3.63, 3.8) is 0 Å². The number of carbonyl (C=O) groups excluding carboxylic acids is 1. The number of nitrogens with two attached hydrogens (primary N) is 1. The summed E-state index contributed by atoms with van der Waals surface area (Å²) in [5.74, 6) is 1.08. The highest BCUT2D eigenvalue weighted by atomic mass is 32.2. The molecule has 1 aromatic rings. The van der Waals surface area contributed by atoms with Gasteiger partial charge in [-0.2, -0.15) is 0 Å². The fourth-order valence-corrected chi connectivity index (χ4v) is 2.43. The molecule has 0 aliphatic carbocycles. The third kappa shape index (κ3) is 6.01. The van der Waals surface area contributed by atoms with Gasteiger partial charge in [0.05, 0.1) is 11.4 Å². The number of rotatable bonds is 5. The molecule has 1 aromatic carbocycles. The number of benzene rings is 1. The predicted molar refractivity (Wildman–Crippen MR) is 84.6 cm³/mol. The van der Waals surface area contributed by atoms with Crippen LogP contribution in [-0.2, 0) is 4.79 Å². The van der Waals surface area contributed by atoms with Crippen LogP contribution < -0.4 is 11.1 Å². The van der Waals surface area contributed by atoms with Crippen LogP contribution in [0.1, 0.15) is 40.5 Å². The maximum absolute atomic E-state index is 11.9. The van der Waals surface area contributed by atoms with E-state index in [9.17, 15) is 4.79 Å². The van der Waals surface area contributed by atoms with Gasteiger partial charge in [0.1, 0.15) is 0 Å². The number of hydrogen-bond acceptors (Lipinski definition) is 3. The second-order valence-corrected chi connectivity index (χ2v) is 7.05. The van der Waals surface area contributed by atoms with Gasteiger partial charge in [-0.1, -0.05) is 27.7 Å². The van der Waals surface area contributed by atoms with E-state index in [0.717, 1.165) is 22.8 Å². The van der Waals surface area contributed by atoms with Crippen molar-refractivity contribution >= 4 is 29.0 Å². The van der Waals surface area contributed by atoms with Crippen LogP contribution in [0.3, 0.4) is 0 Å². The molecular formula is C15H24N2OS. The van der Waals surface area contributed by atoms with E-state index in [-0.39, 0.29) is 11.3 Å². The summed E-state index contributed by atoms with van der Waals surface area (Å²) in [5, 5.41) is 2.91. The van der Waals surface area contributed by atoms with Crippen molar-refractivity contribution in [2.75, 3.05) is 16.8 Å². The SMILES string of the molecule is CCCSc1ccc(N)c(NC(=O)CC(C)(C)C)c1. The zero-order valence-electron chi connectivity index (χ0n) is 12.2. The Kier molecular flexibility index (Phi) is 5.73. The number of nitrogen functional groups attached to an aromatic ring is 1. The third-order valence-corrected chi connectivity index (χ3v) is 3.66. The summed E-state index contributed by atoms with van der Waals surface area (Å²) < 4.78 is 0. The van der Waals surface area contributed by atoms with E-state index >= 15 is 0 Å². The first kappa shape index (κ1) is 15.9.